The first-order valence-electron chi connectivity index (χ1n) is 6.47. The van der Waals surface area contributed by atoms with Crippen LogP contribution < -0.4 is 0 Å². The van der Waals surface area contributed by atoms with Crippen molar-refractivity contribution in [1.82, 2.24) is 0 Å². The Bertz CT molecular complexity index is 891. The predicted octanol–water partition coefficient (Wildman–Crippen LogP) is 3.89. The van der Waals surface area contributed by atoms with E-state index >= 15 is 0 Å². The topological polar surface area (TPSA) is 34.1 Å². The van der Waals surface area contributed by atoms with E-state index in [1.165, 1.54) is 0 Å². The van der Waals surface area contributed by atoms with E-state index in [4.69, 9.17) is 0 Å². The molecule has 3 aromatic carbocycles. The molecular formula is C18H10O2. The molecule has 0 aliphatic heterocycles. The van der Waals surface area contributed by atoms with E-state index in [0.717, 1.165) is 21.9 Å². The molecular weight excluding hydrogens is 248 g/mol. The number of rotatable bonds is 0. The zero-order valence-corrected chi connectivity index (χ0v) is 10.6. The number of hydrogen-bond donors (Lipinski definition) is 0. The lowest BCUT2D eigenvalue weighted by atomic mass is 9.81. The summed E-state index contributed by atoms with van der Waals surface area (Å²) in [6.07, 6.45) is 0. The summed E-state index contributed by atoms with van der Waals surface area (Å²) in [4.78, 5) is 24.4. The van der Waals surface area contributed by atoms with Crippen molar-refractivity contribution in [3.63, 3.8) is 0 Å². The second-order valence-electron chi connectivity index (χ2n) is 4.91. The molecule has 0 radical (unpaired) electrons. The van der Waals surface area contributed by atoms with Gasteiger partial charge in [-0.1, -0.05) is 54.6 Å². The summed E-state index contributed by atoms with van der Waals surface area (Å²) in [5.41, 5.74) is 2.74. The van der Waals surface area contributed by atoms with Crippen molar-refractivity contribution < 1.29 is 9.59 Å². The Hall–Kier alpha value is -2.74. The molecule has 0 N–H and O–H groups in total. The first kappa shape index (κ1) is 11.1. The summed E-state index contributed by atoms with van der Waals surface area (Å²) < 4.78 is 0. The lowest BCUT2D eigenvalue weighted by molar-refractivity contribution is 0.0815. The monoisotopic (exact) mass is 258 g/mol. The normalized spacial score (nSPS) is 13.2. The number of ketones is 2. The van der Waals surface area contributed by atoms with Gasteiger partial charge in [0.05, 0.1) is 0 Å². The zero-order valence-electron chi connectivity index (χ0n) is 10.6. The third-order valence-corrected chi connectivity index (χ3v) is 3.82. The van der Waals surface area contributed by atoms with E-state index < -0.39 is 11.6 Å². The third kappa shape index (κ3) is 1.33. The third-order valence-electron chi connectivity index (χ3n) is 3.82. The molecule has 0 saturated carbocycles. The number of hydrogen-bond acceptors (Lipinski definition) is 2. The van der Waals surface area contributed by atoms with Crippen molar-refractivity contribution in [3.8, 4) is 11.1 Å². The van der Waals surface area contributed by atoms with Crippen LogP contribution in [0, 0.1) is 0 Å². The van der Waals surface area contributed by atoms with Crippen molar-refractivity contribution in [2.24, 2.45) is 0 Å². The highest BCUT2D eigenvalue weighted by Crippen LogP contribution is 2.38. The van der Waals surface area contributed by atoms with Crippen LogP contribution in [0.4, 0.5) is 0 Å². The summed E-state index contributed by atoms with van der Waals surface area (Å²) >= 11 is 0. The van der Waals surface area contributed by atoms with Gasteiger partial charge in [0, 0.05) is 16.7 Å². The molecule has 0 saturated heterocycles. The smallest absolute Gasteiger partial charge is 0.234 e. The lowest BCUT2D eigenvalue weighted by Crippen LogP contribution is -2.21. The fourth-order valence-corrected chi connectivity index (χ4v) is 2.89. The first-order valence-corrected chi connectivity index (χ1v) is 6.47. The van der Waals surface area contributed by atoms with E-state index in [1.54, 1.807) is 18.2 Å². The van der Waals surface area contributed by atoms with E-state index in [1.807, 2.05) is 42.5 Å². The van der Waals surface area contributed by atoms with Crippen molar-refractivity contribution in [2.45, 2.75) is 0 Å². The average Bonchev–Trinajstić information content (AvgIpc) is 2.51. The van der Waals surface area contributed by atoms with E-state index in [0.29, 0.717) is 11.1 Å². The van der Waals surface area contributed by atoms with Gasteiger partial charge in [0.1, 0.15) is 0 Å². The second-order valence-corrected chi connectivity index (χ2v) is 4.91. The number of carbonyl (C=O) groups excluding carboxylic acids is 2. The summed E-state index contributed by atoms with van der Waals surface area (Å²) in [6.45, 7) is 0. The maximum atomic E-state index is 12.3. The van der Waals surface area contributed by atoms with Crippen LogP contribution in [0.2, 0.25) is 0 Å². The van der Waals surface area contributed by atoms with Gasteiger partial charge < -0.3 is 0 Å². The van der Waals surface area contributed by atoms with Gasteiger partial charge in [-0.3, -0.25) is 9.59 Å². The summed E-state index contributed by atoms with van der Waals surface area (Å²) in [6, 6.07) is 18.9. The molecule has 3 aromatic rings. The van der Waals surface area contributed by atoms with Gasteiger partial charge in [-0.25, -0.2) is 0 Å². The SMILES string of the molecule is O=C1C(=O)c2ccc3ccccc3c2-c2ccccc21. The first-order chi connectivity index (χ1) is 9.77. The molecule has 0 bridgehead atoms. The molecule has 0 amide bonds. The van der Waals surface area contributed by atoms with Crippen LogP contribution in [0.15, 0.2) is 60.7 Å². The number of carbonyl (C=O) groups is 2. The Morgan fingerprint density at radius 2 is 1.20 bits per heavy atom. The van der Waals surface area contributed by atoms with Crippen molar-refractivity contribution in [2.75, 3.05) is 0 Å². The van der Waals surface area contributed by atoms with Gasteiger partial charge in [0.2, 0.25) is 11.6 Å². The number of fused-ring (bicyclic) bond motifs is 5. The largest absolute Gasteiger partial charge is 0.285 e. The van der Waals surface area contributed by atoms with Crippen LogP contribution in [0.1, 0.15) is 20.7 Å². The Kier molecular flexibility index (Phi) is 2.15. The second kappa shape index (κ2) is 3.87. The minimum atomic E-state index is -0.414. The molecule has 0 atom stereocenters. The fourth-order valence-electron chi connectivity index (χ4n) is 2.89. The highest BCUT2D eigenvalue weighted by molar-refractivity contribution is 6.53. The molecule has 2 nitrogen and oxygen atoms in total. The fraction of sp³-hybridized carbons (Fsp3) is 0. The van der Waals surface area contributed by atoms with Gasteiger partial charge in [0.25, 0.3) is 0 Å². The quantitative estimate of drug-likeness (QED) is 0.573. The molecule has 4 rings (SSSR count). The van der Waals surface area contributed by atoms with Gasteiger partial charge in [-0.15, -0.1) is 0 Å². The van der Waals surface area contributed by atoms with E-state index in [2.05, 4.69) is 0 Å². The molecule has 20 heavy (non-hydrogen) atoms. The predicted molar refractivity (Wildman–Crippen MR) is 78.0 cm³/mol. The Morgan fingerprint density at radius 1 is 0.550 bits per heavy atom. The van der Waals surface area contributed by atoms with Gasteiger partial charge >= 0.3 is 0 Å². The highest BCUT2D eigenvalue weighted by Gasteiger charge is 2.30. The van der Waals surface area contributed by atoms with Crippen LogP contribution in [0.5, 0.6) is 0 Å². The molecule has 1 aliphatic carbocycles. The van der Waals surface area contributed by atoms with Gasteiger partial charge in [-0.2, -0.15) is 0 Å². The van der Waals surface area contributed by atoms with Crippen LogP contribution in [-0.2, 0) is 0 Å². The maximum Gasteiger partial charge on any atom is 0.234 e. The van der Waals surface area contributed by atoms with Crippen molar-refractivity contribution in [3.05, 3.63) is 71.8 Å². The number of benzene rings is 3. The number of Topliss-reactive ketones (excluding diaryl/α,β-unsaturated/α-hetero) is 2. The molecule has 0 unspecified atom stereocenters. The molecule has 0 heterocycles. The Labute approximate surface area is 115 Å². The highest BCUT2D eigenvalue weighted by atomic mass is 16.2. The summed E-state index contributed by atoms with van der Waals surface area (Å²) in [5, 5.41) is 2.08. The zero-order chi connectivity index (χ0) is 13.7. The molecule has 0 aromatic heterocycles. The van der Waals surface area contributed by atoms with Gasteiger partial charge in [0.15, 0.2) is 0 Å². The van der Waals surface area contributed by atoms with Crippen LogP contribution >= 0.6 is 0 Å². The molecule has 2 heteroatoms. The van der Waals surface area contributed by atoms with Crippen molar-refractivity contribution in [1.29, 1.82) is 0 Å². The Balaban J connectivity index is 2.22. The van der Waals surface area contributed by atoms with Crippen LogP contribution in [-0.4, -0.2) is 11.6 Å². The minimum Gasteiger partial charge on any atom is -0.285 e. The average molecular weight is 258 g/mol. The lowest BCUT2D eigenvalue weighted by Gasteiger charge is -2.19. The summed E-state index contributed by atoms with van der Waals surface area (Å²) in [7, 11) is 0. The molecule has 0 spiro atoms. The molecule has 1 aliphatic rings. The summed E-state index contributed by atoms with van der Waals surface area (Å²) in [5.74, 6) is -0.826. The van der Waals surface area contributed by atoms with Crippen LogP contribution in [0.3, 0.4) is 0 Å². The van der Waals surface area contributed by atoms with Gasteiger partial charge in [-0.05, 0) is 22.4 Å². The molecule has 0 fully saturated rings. The van der Waals surface area contributed by atoms with Crippen molar-refractivity contribution >= 4 is 22.3 Å². The van der Waals surface area contributed by atoms with E-state index in [-0.39, 0.29) is 0 Å². The van der Waals surface area contributed by atoms with Crippen LogP contribution in [0.25, 0.3) is 21.9 Å². The maximum absolute atomic E-state index is 12.3. The minimum absolute atomic E-state index is 0.413. The van der Waals surface area contributed by atoms with E-state index in [9.17, 15) is 9.59 Å². The Morgan fingerprint density at radius 3 is 2.05 bits per heavy atom. The standard InChI is InChI=1S/C18H10O2/c19-17-14-8-4-3-7-13(14)16-12-6-2-1-5-11(12)9-10-15(16)18(17)20/h1-10H. The molecule has 94 valence electrons.